The van der Waals surface area contributed by atoms with E-state index in [4.69, 9.17) is 23.2 Å². The summed E-state index contributed by atoms with van der Waals surface area (Å²) in [4.78, 5) is 13.0. The van der Waals surface area contributed by atoms with E-state index in [1.165, 1.54) is 4.68 Å². The van der Waals surface area contributed by atoms with E-state index in [9.17, 15) is 4.79 Å². The van der Waals surface area contributed by atoms with Gasteiger partial charge < -0.3 is 0 Å². The maximum absolute atomic E-state index is 13.0. The summed E-state index contributed by atoms with van der Waals surface area (Å²) in [5, 5.41) is 14.6. The molecule has 8 heteroatoms. The third kappa shape index (κ3) is 3.85. The van der Waals surface area contributed by atoms with Crippen LogP contribution >= 0.6 is 23.2 Å². The van der Waals surface area contributed by atoms with Crippen LogP contribution in [-0.4, -0.2) is 25.8 Å². The smallest absolute Gasteiger partial charge is 0.272 e. The molecule has 0 atom stereocenters. The molecular weight excluding hydrogens is 421 g/mol. The van der Waals surface area contributed by atoms with Crippen molar-refractivity contribution in [3.63, 3.8) is 0 Å². The molecule has 3 aromatic rings. The van der Waals surface area contributed by atoms with Crippen LogP contribution in [0.1, 0.15) is 30.9 Å². The third-order valence-corrected chi connectivity index (χ3v) is 5.93. The van der Waals surface area contributed by atoms with E-state index in [0.717, 1.165) is 40.4 Å². The lowest BCUT2D eigenvalue weighted by atomic mass is 10.0. The van der Waals surface area contributed by atoms with Gasteiger partial charge in [-0.2, -0.15) is 10.2 Å². The summed E-state index contributed by atoms with van der Waals surface area (Å²) in [5.74, 6) is 0.676. The Balaban J connectivity index is 1.35. The molecule has 6 nitrogen and oxygen atoms in total. The van der Waals surface area contributed by atoms with Crippen LogP contribution in [0.15, 0.2) is 63.5 Å². The molecule has 1 aliphatic carbocycles. The second-order valence-corrected chi connectivity index (χ2v) is 8.49. The molecule has 0 amide bonds. The molecule has 30 heavy (non-hydrogen) atoms. The highest BCUT2D eigenvalue weighted by Gasteiger charge is 2.31. The zero-order valence-corrected chi connectivity index (χ0v) is 17.6. The minimum atomic E-state index is -0.107. The number of nitrogens with zero attached hydrogens (tertiary/aromatic N) is 5. The lowest BCUT2D eigenvalue weighted by molar-refractivity contribution is 0.645. The Morgan fingerprint density at radius 2 is 1.70 bits per heavy atom. The molecular formula is C22H19Cl2N5O. The summed E-state index contributed by atoms with van der Waals surface area (Å²) in [6, 6.07) is 15.4. The predicted molar refractivity (Wildman–Crippen MR) is 120 cm³/mol. The fourth-order valence-corrected chi connectivity index (χ4v) is 3.98. The van der Waals surface area contributed by atoms with Crippen molar-refractivity contribution >= 4 is 34.6 Å². The molecule has 1 aliphatic heterocycles. The average Bonchev–Trinajstić information content (AvgIpc) is 3.40. The van der Waals surface area contributed by atoms with E-state index in [1.807, 2.05) is 48.5 Å². The van der Waals surface area contributed by atoms with Crippen molar-refractivity contribution in [2.75, 3.05) is 0 Å². The van der Waals surface area contributed by atoms with Gasteiger partial charge in [-0.15, -0.1) is 5.10 Å². The normalized spacial score (nSPS) is 15.9. The first-order valence-electron chi connectivity index (χ1n) is 9.88. The highest BCUT2D eigenvalue weighted by Crippen LogP contribution is 2.36. The minimum Gasteiger partial charge on any atom is -0.272 e. The topological polar surface area (TPSA) is 64.5 Å². The van der Waals surface area contributed by atoms with E-state index in [1.54, 1.807) is 4.57 Å². The van der Waals surface area contributed by atoms with Crippen LogP contribution in [0.4, 0.5) is 0 Å². The number of benzene rings is 2. The van der Waals surface area contributed by atoms with Gasteiger partial charge in [0.2, 0.25) is 0 Å². The first kappa shape index (κ1) is 19.3. The summed E-state index contributed by atoms with van der Waals surface area (Å²) in [5.41, 5.74) is 3.55. The molecule has 5 rings (SSSR count). The largest absolute Gasteiger partial charge is 0.346 e. The molecule has 152 valence electrons. The van der Waals surface area contributed by atoms with Crippen LogP contribution in [0, 0.1) is 0 Å². The summed E-state index contributed by atoms with van der Waals surface area (Å²) >= 11 is 12.3. The van der Waals surface area contributed by atoms with Crippen molar-refractivity contribution in [2.45, 2.75) is 38.3 Å². The van der Waals surface area contributed by atoms with Crippen molar-refractivity contribution < 1.29 is 0 Å². The van der Waals surface area contributed by atoms with Crippen LogP contribution < -0.4 is 5.69 Å². The second kappa shape index (κ2) is 7.85. The van der Waals surface area contributed by atoms with Crippen LogP contribution in [0.3, 0.4) is 0 Å². The Morgan fingerprint density at radius 3 is 2.43 bits per heavy atom. The Labute approximate surface area is 183 Å². The molecule has 0 bridgehead atoms. The van der Waals surface area contributed by atoms with E-state index in [2.05, 4.69) is 15.3 Å². The fourth-order valence-electron chi connectivity index (χ4n) is 3.65. The molecule has 0 saturated heterocycles. The van der Waals surface area contributed by atoms with Gasteiger partial charge in [0.05, 0.1) is 18.0 Å². The van der Waals surface area contributed by atoms with Crippen molar-refractivity contribution in [1.82, 2.24) is 14.3 Å². The molecule has 1 fully saturated rings. The molecule has 2 aromatic carbocycles. The zero-order valence-electron chi connectivity index (χ0n) is 16.1. The van der Waals surface area contributed by atoms with Gasteiger partial charge in [0.1, 0.15) is 0 Å². The molecule has 0 unspecified atom stereocenters. The third-order valence-electron chi connectivity index (χ3n) is 5.31. The molecule has 2 aliphatic rings. The van der Waals surface area contributed by atoms with Gasteiger partial charge in [-0.3, -0.25) is 4.57 Å². The van der Waals surface area contributed by atoms with Gasteiger partial charge in [0.25, 0.3) is 0 Å². The molecule has 1 aromatic heterocycles. The standard InChI is InChI=1S/C22H19Cl2N5O/c23-16-7-5-14(6-8-16)21-27-28(22(30)29(21)19-9-10-19)13-18-12-17(25-26-18)11-15-3-1-2-4-20(15)24/h1-8,19H,9-13H2. The maximum Gasteiger partial charge on any atom is 0.346 e. The highest BCUT2D eigenvalue weighted by atomic mass is 35.5. The summed E-state index contributed by atoms with van der Waals surface area (Å²) in [6.07, 6.45) is 3.26. The van der Waals surface area contributed by atoms with Gasteiger partial charge in [-0.25, -0.2) is 9.48 Å². The van der Waals surface area contributed by atoms with E-state index < -0.39 is 0 Å². The van der Waals surface area contributed by atoms with Crippen LogP contribution in [-0.2, 0) is 13.0 Å². The number of halogens is 2. The van der Waals surface area contributed by atoms with Crippen LogP contribution in [0.2, 0.25) is 10.0 Å². The molecule has 0 N–H and O–H groups in total. The van der Waals surface area contributed by atoms with Gasteiger partial charge in [0.15, 0.2) is 5.82 Å². The number of aromatic nitrogens is 3. The van der Waals surface area contributed by atoms with Crippen molar-refractivity contribution in [3.8, 4) is 11.4 Å². The SMILES string of the molecule is O=c1n(CC2=NN=C(Cc3ccccc3Cl)C2)nc(-c2ccc(Cl)cc2)n1C1CC1. The van der Waals surface area contributed by atoms with Gasteiger partial charge in [-0.1, -0.05) is 41.4 Å². The van der Waals surface area contributed by atoms with Crippen LogP contribution in [0.5, 0.6) is 0 Å². The zero-order chi connectivity index (χ0) is 20.7. The Bertz CT molecular complexity index is 1220. The molecule has 2 heterocycles. The monoisotopic (exact) mass is 439 g/mol. The fraction of sp³-hybridized carbons (Fsp3) is 0.273. The van der Waals surface area contributed by atoms with Gasteiger partial charge in [0, 0.05) is 34.5 Å². The number of rotatable bonds is 6. The highest BCUT2D eigenvalue weighted by molar-refractivity contribution is 6.31. The summed E-state index contributed by atoms with van der Waals surface area (Å²) in [6.45, 7) is 0.328. The lowest BCUT2D eigenvalue weighted by Crippen LogP contribution is -2.27. The van der Waals surface area contributed by atoms with Gasteiger partial charge in [-0.05, 0) is 48.7 Å². The van der Waals surface area contributed by atoms with Crippen molar-refractivity contribution in [1.29, 1.82) is 0 Å². The van der Waals surface area contributed by atoms with Crippen molar-refractivity contribution in [2.24, 2.45) is 10.2 Å². The predicted octanol–water partition coefficient (Wildman–Crippen LogP) is 4.80. The number of hydrogen-bond donors (Lipinski definition) is 0. The van der Waals surface area contributed by atoms with E-state index in [-0.39, 0.29) is 11.7 Å². The first-order valence-corrected chi connectivity index (χ1v) is 10.6. The van der Waals surface area contributed by atoms with E-state index >= 15 is 0 Å². The number of hydrogen-bond acceptors (Lipinski definition) is 4. The van der Waals surface area contributed by atoms with Gasteiger partial charge >= 0.3 is 5.69 Å². The Hall–Kier alpha value is -2.70. The van der Waals surface area contributed by atoms with Crippen LogP contribution in [0.25, 0.3) is 11.4 Å². The molecule has 0 radical (unpaired) electrons. The summed E-state index contributed by atoms with van der Waals surface area (Å²) < 4.78 is 3.29. The van der Waals surface area contributed by atoms with Crippen molar-refractivity contribution in [3.05, 3.63) is 74.6 Å². The maximum atomic E-state index is 13.0. The second-order valence-electron chi connectivity index (χ2n) is 7.65. The quantitative estimate of drug-likeness (QED) is 0.553. The average molecular weight is 440 g/mol. The first-order chi connectivity index (χ1) is 14.6. The Morgan fingerprint density at radius 1 is 0.967 bits per heavy atom. The van der Waals surface area contributed by atoms with E-state index in [0.29, 0.717) is 30.2 Å². The minimum absolute atomic E-state index is 0.107. The Kier molecular flexibility index (Phi) is 5.05. The lowest BCUT2D eigenvalue weighted by Gasteiger charge is -2.04. The summed E-state index contributed by atoms with van der Waals surface area (Å²) in [7, 11) is 0. The molecule has 1 saturated carbocycles. The molecule has 0 spiro atoms.